The average Bonchev–Trinajstić information content (AvgIpc) is 2.97. The molecule has 2 N–H and O–H groups in total. The number of aryl methyl sites for hydroxylation is 1. The number of aromatic amines is 1. The van der Waals surface area contributed by atoms with Crippen LogP contribution in [0.1, 0.15) is 12.0 Å². The summed E-state index contributed by atoms with van der Waals surface area (Å²) in [6, 6.07) is 1.64. The molecule has 92 valence electrons. The van der Waals surface area contributed by atoms with Gasteiger partial charge in [-0.05, 0) is 29.9 Å². The van der Waals surface area contributed by atoms with Gasteiger partial charge in [0.05, 0.1) is 15.9 Å². The van der Waals surface area contributed by atoms with Gasteiger partial charge in [-0.15, -0.1) is 11.3 Å². The monoisotopic (exact) mass is 258 g/mol. The van der Waals surface area contributed by atoms with Crippen molar-refractivity contribution in [3.8, 4) is 0 Å². The number of thiophene rings is 1. The molecule has 0 atom stereocenters. The molecule has 0 fully saturated rings. The van der Waals surface area contributed by atoms with E-state index < -0.39 is 0 Å². The van der Waals surface area contributed by atoms with Crippen LogP contribution in [0, 0.1) is 6.92 Å². The quantitative estimate of drug-likeness (QED) is 0.888. The summed E-state index contributed by atoms with van der Waals surface area (Å²) in [5.41, 5.74) is 4.30. The van der Waals surface area contributed by atoms with Crippen LogP contribution in [0.15, 0.2) is 40.0 Å². The van der Waals surface area contributed by atoms with Crippen LogP contribution < -0.4 is 10.9 Å². The lowest BCUT2D eigenvalue weighted by Crippen LogP contribution is -2.09. The van der Waals surface area contributed by atoms with Gasteiger partial charge in [-0.2, -0.15) is 0 Å². The average molecular weight is 258 g/mol. The molecule has 2 aromatic heterocycles. The number of aromatic nitrogens is 1. The van der Waals surface area contributed by atoms with Crippen molar-refractivity contribution in [1.29, 1.82) is 0 Å². The van der Waals surface area contributed by atoms with Crippen molar-refractivity contribution in [2.45, 2.75) is 13.3 Å². The Bertz CT molecular complexity index is 706. The number of pyridine rings is 1. The minimum atomic E-state index is -0.0509. The molecule has 2 heterocycles. The lowest BCUT2D eigenvalue weighted by atomic mass is 10.2. The summed E-state index contributed by atoms with van der Waals surface area (Å²) in [6.07, 6.45) is 7.33. The van der Waals surface area contributed by atoms with E-state index >= 15 is 0 Å². The molecule has 0 bridgehead atoms. The summed E-state index contributed by atoms with van der Waals surface area (Å²) in [5.74, 6) is 0. The predicted octanol–water partition coefficient (Wildman–Crippen LogP) is 3.20. The summed E-state index contributed by atoms with van der Waals surface area (Å²) >= 11 is 1.66. The first kappa shape index (κ1) is 11.3. The molecule has 4 heteroatoms. The molecule has 0 amide bonds. The Labute approximate surface area is 109 Å². The van der Waals surface area contributed by atoms with Crippen LogP contribution in [-0.4, -0.2) is 11.5 Å². The Hall–Kier alpha value is -1.81. The number of hydrogen-bond donors (Lipinski definition) is 2. The Morgan fingerprint density at radius 3 is 3.17 bits per heavy atom. The highest BCUT2D eigenvalue weighted by molar-refractivity contribution is 7.18. The molecule has 3 nitrogen and oxygen atoms in total. The maximum absolute atomic E-state index is 11.6. The molecular weight excluding hydrogens is 244 g/mol. The summed E-state index contributed by atoms with van der Waals surface area (Å²) in [4.78, 5) is 14.5. The van der Waals surface area contributed by atoms with Gasteiger partial charge in [0, 0.05) is 12.6 Å². The van der Waals surface area contributed by atoms with Gasteiger partial charge in [-0.25, -0.2) is 0 Å². The second-order valence-electron chi connectivity index (χ2n) is 4.48. The van der Waals surface area contributed by atoms with Crippen molar-refractivity contribution in [3.05, 3.63) is 51.2 Å². The Morgan fingerprint density at radius 2 is 2.39 bits per heavy atom. The zero-order valence-corrected chi connectivity index (χ0v) is 10.9. The minimum absolute atomic E-state index is 0.0509. The van der Waals surface area contributed by atoms with Gasteiger partial charge in [-0.1, -0.05) is 18.2 Å². The molecule has 0 saturated carbocycles. The van der Waals surface area contributed by atoms with Gasteiger partial charge < -0.3 is 10.3 Å². The molecule has 1 aliphatic rings. The van der Waals surface area contributed by atoms with Crippen molar-refractivity contribution in [2.24, 2.45) is 0 Å². The lowest BCUT2D eigenvalue weighted by molar-refractivity contribution is 1.14. The third-order valence-electron chi connectivity index (χ3n) is 3.10. The molecule has 3 rings (SSSR count). The largest absolute Gasteiger partial charge is 0.380 e. The van der Waals surface area contributed by atoms with E-state index in [0.29, 0.717) is 0 Å². The SMILES string of the molecule is Cc1csc2c(NCC3=CC=CC3)cc(=O)[nH]c12. The topological polar surface area (TPSA) is 44.9 Å². The molecule has 0 aromatic carbocycles. The Balaban J connectivity index is 1.93. The Morgan fingerprint density at radius 1 is 1.50 bits per heavy atom. The fourth-order valence-corrected chi connectivity index (χ4v) is 3.12. The minimum Gasteiger partial charge on any atom is -0.380 e. The van der Waals surface area contributed by atoms with Crippen molar-refractivity contribution in [3.63, 3.8) is 0 Å². The van der Waals surface area contributed by atoms with E-state index in [1.54, 1.807) is 17.4 Å². The molecular formula is C14H14N2OS. The summed E-state index contributed by atoms with van der Waals surface area (Å²) in [7, 11) is 0. The smallest absolute Gasteiger partial charge is 0.250 e. The standard InChI is InChI=1S/C14H14N2OS/c1-9-8-18-14-11(6-12(17)16-13(9)14)15-7-10-4-2-3-5-10/h2-4,6,8H,5,7H2,1H3,(H2,15,16,17). The van der Waals surface area contributed by atoms with Gasteiger partial charge in [-0.3, -0.25) is 4.79 Å². The van der Waals surface area contributed by atoms with E-state index in [2.05, 4.69) is 33.9 Å². The molecule has 1 aliphatic carbocycles. The second-order valence-corrected chi connectivity index (χ2v) is 5.36. The number of fused-ring (bicyclic) bond motifs is 1. The van der Waals surface area contributed by atoms with Crippen LogP contribution in [0.3, 0.4) is 0 Å². The third-order valence-corrected chi connectivity index (χ3v) is 4.23. The molecule has 18 heavy (non-hydrogen) atoms. The van der Waals surface area contributed by atoms with Crippen molar-refractivity contribution in [1.82, 2.24) is 4.98 Å². The molecule has 0 aliphatic heterocycles. The van der Waals surface area contributed by atoms with Crippen LogP contribution in [0.25, 0.3) is 10.2 Å². The van der Waals surface area contributed by atoms with Crippen LogP contribution in [0.5, 0.6) is 0 Å². The maximum Gasteiger partial charge on any atom is 0.250 e. The van der Waals surface area contributed by atoms with Gasteiger partial charge in [0.25, 0.3) is 5.56 Å². The Kier molecular flexibility index (Phi) is 2.80. The summed E-state index contributed by atoms with van der Waals surface area (Å²) < 4.78 is 1.12. The summed E-state index contributed by atoms with van der Waals surface area (Å²) in [6.45, 7) is 2.81. The lowest BCUT2D eigenvalue weighted by Gasteiger charge is -2.08. The first-order valence-electron chi connectivity index (χ1n) is 5.93. The molecule has 0 radical (unpaired) electrons. The molecule has 0 unspecified atom stereocenters. The maximum atomic E-state index is 11.6. The van der Waals surface area contributed by atoms with Crippen molar-refractivity contribution >= 4 is 27.2 Å². The van der Waals surface area contributed by atoms with E-state index in [1.807, 2.05) is 6.92 Å². The van der Waals surface area contributed by atoms with Crippen molar-refractivity contribution in [2.75, 3.05) is 11.9 Å². The van der Waals surface area contributed by atoms with E-state index in [4.69, 9.17) is 0 Å². The fourth-order valence-electron chi connectivity index (χ4n) is 2.12. The number of hydrogen-bond acceptors (Lipinski definition) is 3. The van der Waals surface area contributed by atoms with Crippen LogP contribution >= 0.6 is 11.3 Å². The first-order chi connectivity index (χ1) is 8.74. The summed E-state index contributed by atoms with van der Waals surface area (Å²) in [5, 5.41) is 5.44. The molecule has 0 saturated heterocycles. The second kappa shape index (κ2) is 4.46. The first-order valence-corrected chi connectivity index (χ1v) is 6.81. The number of nitrogens with one attached hydrogen (secondary N) is 2. The highest BCUT2D eigenvalue weighted by Gasteiger charge is 2.08. The van der Waals surface area contributed by atoms with E-state index in [-0.39, 0.29) is 5.56 Å². The van der Waals surface area contributed by atoms with Crippen molar-refractivity contribution < 1.29 is 0 Å². The van der Waals surface area contributed by atoms with Crippen LogP contribution in [0.4, 0.5) is 5.69 Å². The number of H-pyrrole nitrogens is 1. The van der Waals surface area contributed by atoms with Gasteiger partial charge >= 0.3 is 0 Å². The van der Waals surface area contributed by atoms with Gasteiger partial charge in [0.1, 0.15) is 0 Å². The zero-order valence-electron chi connectivity index (χ0n) is 10.1. The highest BCUT2D eigenvalue weighted by Crippen LogP contribution is 2.29. The zero-order chi connectivity index (χ0) is 12.5. The van der Waals surface area contributed by atoms with Crippen LogP contribution in [0.2, 0.25) is 0 Å². The number of anilines is 1. The third kappa shape index (κ3) is 1.99. The van der Waals surface area contributed by atoms with Gasteiger partial charge in [0.15, 0.2) is 0 Å². The van der Waals surface area contributed by atoms with Gasteiger partial charge in [0.2, 0.25) is 0 Å². The highest BCUT2D eigenvalue weighted by atomic mass is 32.1. The van der Waals surface area contributed by atoms with E-state index in [9.17, 15) is 4.79 Å². The van der Waals surface area contributed by atoms with E-state index in [1.165, 1.54) is 5.57 Å². The number of allylic oxidation sites excluding steroid dienone is 3. The molecule has 2 aromatic rings. The number of rotatable bonds is 3. The fraction of sp³-hybridized carbons (Fsp3) is 0.214. The molecule has 0 spiro atoms. The predicted molar refractivity (Wildman–Crippen MR) is 77.5 cm³/mol. The van der Waals surface area contributed by atoms with E-state index in [0.717, 1.165) is 34.4 Å². The normalized spacial score (nSPS) is 14.2. The van der Waals surface area contributed by atoms with Crippen LogP contribution in [-0.2, 0) is 0 Å².